The summed E-state index contributed by atoms with van der Waals surface area (Å²) in [6.07, 6.45) is 1.61. The molecule has 2 aliphatic rings. The highest BCUT2D eigenvalue weighted by molar-refractivity contribution is 6.11. The molecule has 0 spiro atoms. The van der Waals surface area contributed by atoms with E-state index in [1.807, 2.05) is 60.7 Å². The maximum Gasteiger partial charge on any atom is 0.325 e. The Kier molecular flexibility index (Phi) is 5.91. The van der Waals surface area contributed by atoms with Gasteiger partial charge in [0, 0.05) is 30.6 Å². The molecular formula is C28H25N3O4. The number of benzene rings is 3. The first-order valence-electron chi connectivity index (χ1n) is 11.7. The summed E-state index contributed by atoms with van der Waals surface area (Å²) in [7, 11) is 0. The number of amides is 4. The first-order chi connectivity index (χ1) is 17.0. The molecule has 176 valence electrons. The van der Waals surface area contributed by atoms with Gasteiger partial charge in [-0.05, 0) is 41.8 Å². The lowest BCUT2D eigenvalue weighted by atomic mass is 9.83. The summed E-state index contributed by atoms with van der Waals surface area (Å²) < 4.78 is 0. The van der Waals surface area contributed by atoms with E-state index in [0.29, 0.717) is 24.1 Å². The summed E-state index contributed by atoms with van der Waals surface area (Å²) in [5.74, 6) is -0.736. The number of hydrogen-bond acceptors (Lipinski definition) is 4. The summed E-state index contributed by atoms with van der Waals surface area (Å²) in [6, 6.07) is 24.7. The highest BCUT2D eigenvalue weighted by Gasteiger charge is 2.52. The van der Waals surface area contributed by atoms with Crippen LogP contribution in [0.5, 0.6) is 0 Å². The molecule has 3 aromatic rings. The number of hydrogen-bond donors (Lipinski definition) is 1. The smallest absolute Gasteiger partial charge is 0.319 e. The first-order valence-corrected chi connectivity index (χ1v) is 11.7. The summed E-state index contributed by atoms with van der Waals surface area (Å²) in [4.78, 5) is 54.4. The van der Waals surface area contributed by atoms with Crippen LogP contribution in [0.2, 0.25) is 0 Å². The Bertz CT molecular complexity index is 1270. The average molecular weight is 468 g/mol. The van der Waals surface area contributed by atoms with Gasteiger partial charge in [-0.25, -0.2) is 4.79 Å². The molecule has 1 atom stereocenters. The fraction of sp³-hybridized carbons (Fsp3) is 0.214. The first kappa shape index (κ1) is 22.5. The van der Waals surface area contributed by atoms with Gasteiger partial charge in [0.15, 0.2) is 11.3 Å². The molecule has 2 fully saturated rings. The van der Waals surface area contributed by atoms with Gasteiger partial charge in [0.1, 0.15) is 0 Å². The summed E-state index contributed by atoms with van der Waals surface area (Å²) >= 11 is 0. The van der Waals surface area contributed by atoms with Crippen molar-refractivity contribution in [3.8, 4) is 0 Å². The van der Waals surface area contributed by atoms with Crippen LogP contribution in [0, 0.1) is 0 Å². The van der Waals surface area contributed by atoms with Crippen molar-refractivity contribution in [1.82, 2.24) is 10.2 Å². The molecule has 1 N–H and O–H groups in total. The number of urea groups is 1. The molecule has 0 unspecified atom stereocenters. The van der Waals surface area contributed by atoms with E-state index in [1.165, 1.54) is 0 Å². The maximum absolute atomic E-state index is 13.7. The van der Waals surface area contributed by atoms with E-state index in [2.05, 4.69) is 5.32 Å². The van der Waals surface area contributed by atoms with E-state index in [-0.39, 0.29) is 24.7 Å². The van der Waals surface area contributed by atoms with E-state index >= 15 is 0 Å². The Labute approximate surface area is 203 Å². The third kappa shape index (κ3) is 4.21. The highest BCUT2D eigenvalue weighted by atomic mass is 16.2. The Morgan fingerprint density at radius 3 is 2.14 bits per heavy atom. The number of ketones is 1. The lowest BCUT2D eigenvalue weighted by Crippen LogP contribution is -2.46. The van der Waals surface area contributed by atoms with Crippen molar-refractivity contribution in [2.75, 3.05) is 18.0 Å². The Hall–Kier alpha value is -4.26. The van der Waals surface area contributed by atoms with E-state index in [4.69, 9.17) is 0 Å². The van der Waals surface area contributed by atoms with Crippen molar-refractivity contribution >= 4 is 29.3 Å². The fourth-order valence-corrected chi connectivity index (χ4v) is 4.80. The predicted molar refractivity (Wildman–Crippen MR) is 131 cm³/mol. The van der Waals surface area contributed by atoms with Crippen molar-refractivity contribution in [2.24, 2.45) is 0 Å². The molecule has 7 nitrogen and oxygen atoms in total. The molecule has 4 amide bonds. The Morgan fingerprint density at radius 2 is 1.51 bits per heavy atom. The van der Waals surface area contributed by atoms with Crippen LogP contribution in [0.4, 0.5) is 10.5 Å². The topological polar surface area (TPSA) is 86.8 Å². The SMILES string of the molecule is O=C(CN1C(=O)N[C@@](Cc2ccccc2)(c2ccccc2)C1=O)c1ccc(N2CCCC2=O)cc1. The number of nitrogens with zero attached hydrogens (tertiary/aromatic N) is 2. The van der Waals surface area contributed by atoms with Crippen LogP contribution >= 0.6 is 0 Å². The van der Waals surface area contributed by atoms with Gasteiger partial charge < -0.3 is 10.2 Å². The highest BCUT2D eigenvalue weighted by Crippen LogP contribution is 2.33. The molecule has 3 aromatic carbocycles. The summed E-state index contributed by atoms with van der Waals surface area (Å²) in [6.45, 7) is 0.299. The monoisotopic (exact) mass is 467 g/mol. The zero-order chi connectivity index (χ0) is 24.4. The van der Waals surface area contributed by atoms with Crippen molar-refractivity contribution in [2.45, 2.75) is 24.8 Å². The molecule has 2 aliphatic heterocycles. The lowest BCUT2D eigenvalue weighted by molar-refractivity contribution is -0.131. The number of carbonyl (C=O) groups is 4. The predicted octanol–water partition coefficient (Wildman–Crippen LogP) is 3.69. The molecule has 35 heavy (non-hydrogen) atoms. The van der Waals surface area contributed by atoms with E-state index in [1.54, 1.807) is 29.2 Å². The van der Waals surface area contributed by atoms with Crippen molar-refractivity contribution in [3.63, 3.8) is 0 Å². The molecular weight excluding hydrogens is 442 g/mol. The molecule has 0 aliphatic carbocycles. The minimum Gasteiger partial charge on any atom is -0.319 e. The van der Waals surface area contributed by atoms with Crippen LogP contribution in [-0.2, 0) is 21.5 Å². The van der Waals surface area contributed by atoms with Crippen LogP contribution in [0.1, 0.15) is 34.3 Å². The molecule has 2 heterocycles. The van der Waals surface area contributed by atoms with Crippen LogP contribution < -0.4 is 10.2 Å². The Balaban J connectivity index is 1.38. The third-order valence-electron chi connectivity index (χ3n) is 6.63. The maximum atomic E-state index is 13.7. The molecule has 2 saturated heterocycles. The number of Topliss-reactive ketones (excluding diaryl/α,β-unsaturated/α-hetero) is 1. The Morgan fingerprint density at radius 1 is 0.857 bits per heavy atom. The van der Waals surface area contributed by atoms with Gasteiger partial charge in [-0.15, -0.1) is 0 Å². The minimum absolute atomic E-state index is 0.0686. The third-order valence-corrected chi connectivity index (χ3v) is 6.63. The average Bonchev–Trinajstić information content (AvgIpc) is 3.42. The molecule has 0 bridgehead atoms. The fourth-order valence-electron chi connectivity index (χ4n) is 4.80. The standard InChI is InChI=1S/C28H25N3O4/c32-24(21-13-15-23(16-14-21)30-17-7-12-25(30)33)19-31-26(34)28(29-27(31)35,22-10-5-2-6-11-22)18-20-8-3-1-4-9-20/h1-6,8-11,13-16H,7,12,17-19H2,(H,29,35)/t28-/m0/s1. The van der Waals surface area contributed by atoms with E-state index in [0.717, 1.165) is 22.6 Å². The van der Waals surface area contributed by atoms with Gasteiger partial charge >= 0.3 is 6.03 Å². The van der Waals surface area contributed by atoms with Crippen LogP contribution in [-0.4, -0.2) is 41.6 Å². The van der Waals surface area contributed by atoms with Crippen molar-refractivity contribution in [3.05, 3.63) is 102 Å². The molecule has 5 rings (SSSR count). The molecule has 0 radical (unpaired) electrons. The van der Waals surface area contributed by atoms with Crippen LogP contribution in [0.15, 0.2) is 84.9 Å². The number of rotatable bonds is 7. The number of nitrogens with one attached hydrogen (secondary N) is 1. The van der Waals surface area contributed by atoms with Crippen LogP contribution in [0.25, 0.3) is 0 Å². The zero-order valence-electron chi connectivity index (χ0n) is 19.1. The molecule has 0 saturated carbocycles. The number of imide groups is 1. The van der Waals surface area contributed by atoms with Gasteiger partial charge in [-0.1, -0.05) is 60.7 Å². The van der Waals surface area contributed by atoms with Crippen molar-refractivity contribution < 1.29 is 19.2 Å². The molecule has 0 aromatic heterocycles. The second kappa shape index (κ2) is 9.18. The summed E-state index contributed by atoms with van der Waals surface area (Å²) in [5, 5.41) is 2.88. The minimum atomic E-state index is -1.29. The normalized spacial score (nSPS) is 19.8. The van der Waals surface area contributed by atoms with E-state index < -0.39 is 17.5 Å². The largest absolute Gasteiger partial charge is 0.325 e. The van der Waals surface area contributed by atoms with Crippen LogP contribution in [0.3, 0.4) is 0 Å². The second-order valence-corrected chi connectivity index (χ2v) is 8.87. The van der Waals surface area contributed by atoms with E-state index in [9.17, 15) is 19.2 Å². The van der Waals surface area contributed by atoms with Gasteiger partial charge in [-0.3, -0.25) is 19.3 Å². The number of carbonyl (C=O) groups excluding carboxylic acids is 4. The zero-order valence-corrected chi connectivity index (χ0v) is 19.1. The van der Waals surface area contributed by atoms with Gasteiger partial charge in [0.05, 0.1) is 6.54 Å². The van der Waals surface area contributed by atoms with Crippen molar-refractivity contribution in [1.29, 1.82) is 0 Å². The molecule has 7 heteroatoms. The lowest BCUT2D eigenvalue weighted by Gasteiger charge is -2.27. The summed E-state index contributed by atoms with van der Waals surface area (Å²) in [5.41, 5.74) is 1.38. The number of anilines is 1. The second-order valence-electron chi connectivity index (χ2n) is 8.87. The quantitative estimate of drug-likeness (QED) is 0.424. The van der Waals surface area contributed by atoms with Gasteiger partial charge in [0.25, 0.3) is 5.91 Å². The van der Waals surface area contributed by atoms with Gasteiger partial charge in [0.2, 0.25) is 5.91 Å². The van der Waals surface area contributed by atoms with Gasteiger partial charge in [-0.2, -0.15) is 0 Å².